The molecule has 0 aliphatic heterocycles. The van der Waals surface area contributed by atoms with Crippen LogP contribution in [0, 0.1) is 5.82 Å². The minimum atomic E-state index is -4.80. The molecule has 0 aromatic heterocycles. The first-order valence-corrected chi connectivity index (χ1v) is 8.58. The SMILES string of the molecule is C[C@H](C(=O)Nc1ccccc1F)[NH+](C)CC(=O)Nc1ccc(OC(F)(F)F)cc1. The summed E-state index contributed by atoms with van der Waals surface area (Å²) in [5, 5.41) is 4.99. The quantitative estimate of drug-likeness (QED) is 0.609. The van der Waals surface area contributed by atoms with Crippen LogP contribution in [0.1, 0.15) is 6.92 Å². The zero-order valence-corrected chi connectivity index (χ0v) is 15.6. The maximum Gasteiger partial charge on any atom is 0.573 e. The van der Waals surface area contributed by atoms with Crippen molar-refractivity contribution in [1.29, 1.82) is 0 Å². The molecular weight excluding hydrogens is 394 g/mol. The molecule has 10 heteroatoms. The first-order valence-electron chi connectivity index (χ1n) is 8.58. The van der Waals surface area contributed by atoms with Crippen molar-refractivity contribution in [3.63, 3.8) is 0 Å². The molecule has 2 atom stereocenters. The van der Waals surface area contributed by atoms with E-state index in [1.54, 1.807) is 20.0 Å². The standard InChI is InChI=1S/C19H19F4N3O3/c1-12(18(28)25-16-6-4-3-5-15(16)20)26(2)11-17(27)24-13-7-9-14(10-8-13)29-19(21,22)23/h3-10,12H,11H2,1-2H3,(H,24,27)(H,25,28)/p+1/t12-/m1/s1. The van der Waals surface area contributed by atoms with Crippen molar-refractivity contribution < 1.29 is 36.8 Å². The van der Waals surface area contributed by atoms with Crippen molar-refractivity contribution in [3.05, 3.63) is 54.3 Å². The molecule has 156 valence electrons. The van der Waals surface area contributed by atoms with Crippen molar-refractivity contribution >= 4 is 23.2 Å². The zero-order chi connectivity index (χ0) is 21.6. The van der Waals surface area contributed by atoms with Crippen LogP contribution in [0.25, 0.3) is 0 Å². The molecule has 0 saturated carbocycles. The van der Waals surface area contributed by atoms with Crippen LogP contribution in [0.5, 0.6) is 5.75 Å². The molecule has 2 amide bonds. The lowest BCUT2D eigenvalue weighted by molar-refractivity contribution is -0.885. The number of para-hydroxylation sites is 1. The van der Waals surface area contributed by atoms with Gasteiger partial charge in [-0.3, -0.25) is 9.59 Å². The molecule has 0 bridgehead atoms. The van der Waals surface area contributed by atoms with Crippen LogP contribution in [-0.4, -0.2) is 37.8 Å². The highest BCUT2D eigenvalue weighted by atomic mass is 19.4. The van der Waals surface area contributed by atoms with E-state index in [9.17, 15) is 27.2 Å². The summed E-state index contributed by atoms with van der Waals surface area (Å²) in [4.78, 5) is 24.9. The van der Waals surface area contributed by atoms with Gasteiger partial charge in [0.05, 0.1) is 12.7 Å². The zero-order valence-electron chi connectivity index (χ0n) is 15.6. The fourth-order valence-corrected chi connectivity index (χ4v) is 2.38. The van der Waals surface area contributed by atoms with Gasteiger partial charge in [0.1, 0.15) is 11.6 Å². The molecule has 6 nitrogen and oxygen atoms in total. The average molecular weight is 414 g/mol. The van der Waals surface area contributed by atoms with Crippen LogP contribution in [0.15, 0.2) is 48.5 Å². The molecule has 2 rings (SSSR count). The van der Waals surface area contributed by atoms with Crippen molar-refractivity contribution in [3.8, 4) is 5.75 Å². The normalized spacial score (nSPS) is 13.3. The van der Waals surface area contributed by atoms with E-state index in [-0.39, 0.29) is 17.9 Å². The number of benzene rings is 2. The van der Waals surface area contributed by atoms with Crippen LogP contribution in [-0.2, 0) is 9.59 Å². The van der Waals surface area contributed by atoms with Gasteiger partial charge in [0.15, 0.2) is 12.6 Å². The lowest BCUT2D eigenvalue weighted by Gasteiger charge is -2.20. The van der Waals surface area contributed by atoms with E-state index < -0.39 is 35.8 Å². The van der Waals surface area contributed by atoms with Gasteiger partial charge in [0.2, 0.25) is 0 Å². The lowest BCUT2D eigenvalue weighted by atomic mass is 10.2. The maximum atomic E-state index is 13.6. The topological polar surface area (TPSA) is 71.9 Å². The monoisotopic (exact) mass is 414 g/mol. The fourth-order valence-electron chi connectivity index (χ4n) is 2.38. The Morgan fingerprint density at radius 2 is 1.69 bits per heavy atom. The molecule has 3 N–H and O–H groups in total. The molecule has 0 saturated heterocycles. The minimum absolute atomic E-state index is 0.0442. The van der Waals surface area contributed by atoms with E-state index in [1.165, 1.54) is 30.3 Å². The van der Waals surface area contributed by atoms with Crippen LogP contribution in [0.3, 0.4) is 0 Å². The minimum Gasteiger partial charge on any atom is -0.406 e. The summed E-state index contributed by atoms with van der Waals surface area (Å²) in [5.74, 6) is -1.88. The Morgan fingerprint density at radius 3 is 2.28 bits per heavy atom. The first kappa shape index (κ1) is 22.2. The molecule has 1 unspecified atom stereocenters. The Balaban J connectivity index is 1.87. The number of hydrogen-bond acceptors (Lipinski definition) is 3. The number of rotatable bonds is 7. The molecule has 29 heavy (non-hydrogen) atoms. The lowest BCUT2D eigenvalue weighted by Crippen LogP contribution is -3.14. The molecule has 0 aliphatic rings. The largest absolute Gasteiger partial charge is 0.573 e. The summed E-state index contributed by atoms with van der Waals surface area (Å²) in [6.07, 6.45) is -4.80. The number of carbonyl (C=O) groups excluding carboxylic acids is 2. The number of anilines is 2. The number of ether oxygens (including phenoxy) is 1. The van der Waals surface area contributed by atoms with Crippen molar-refractivity contribution in [2.75, 3.05) is 24.2 Å². The van der Waals surface area contributed by atoms with Crippen LogP contribution >= 0.6 is 0 Å². The molecule has 2 aromatic rings. The predicted octanol–water partition coefficient (Wildman–Crippen LogP) is 2.20. The third kappa shape index (κ3) is 7.07. The van der Waals surface area contributed by atoms with Gasteiger partial charge < -0.3 is 20.3 Å². The molecule has 0 heterocycles. The molecule has 0 fully saturated rings. The second kappa shape index (κ2) is 9.37. The Hall–Kier alpha value is -3.14. The first-order chi connectivity index (χ1) is 13.5. The number of carbonyl (C=O) groups is 2. The molecule has 0 spiro atoms. The van der Waals surface area contributed by atoms with E-state index in [1.807, 2.05) is 0 Å². The number of hydrogen-bond donors (Lipinski definition) is 3. The third-order valence-electron chi connectivity index (χ3n) is 4.08. The Bertz CT molecular complexity index is 857. The summed E-state index contributed by atoms with van der Waals surface area (Å²) in [6, 6.07) is 9.74. The Labute approximate surface area is 164 Å². The maximum absolute atomic E-state index is 13.6. The van der Waals surface area contributed by atoms with Crippen LogP contribution in [0.4, 0.5) is 28.9 Å². The van der Waals surface area contributed by atoms with E-state index >= 15 is 0 Å². The van der Waals surface area contributed by atoms with Gasteiger partial charge in [-0.05, 0) is 43.3 Å². The molecule has 2 aromatic carbocycles. The summed E-state index contributed by atoms with van der Waals surface area (Å²) >= 11 is 0. The predicted molar refractivity (Wildman–Crippen MR) is 98.0 cm³/mol. The highest BCUT2D eigenvalue weighted by Gasteiger charge is 2.31. The highest BCUT2D eigenvalue weighted by Crippen LogP contribution is 2.23. The smallest absolute Gasteiger partial charge is 0.406 e. The van der Waals surface area contributed by atoms with Crippen molar-refractivity contribution in [1.82, 2.24) is 0 Å². The second-order valence-corrected chi connectivity index (χ2v) is 6.33. The van der Waals surface area contributed by atoms with Gasteiger partial charge in [0, 0.05) is 5.69 Å². The van der Waals surface area contributed by atoms with E-state index in [4.69, 9.17) is 0 Å². The van der Waals surface area contributed by atoms with Crippen molar-refractivity contribution in [2.45, 2.75) is 19.3 Å². The van der Waals surface area contributed by atoms with E-state index in [2.05, 4.69) is 15.4 Å². The number of amides is 2. The van der Waals surface area contributed by atoms with Crippen LogP contribution < -0.4 is 20.3 Å². The summed E-state index contributed by atoms with van der Waals surface area (Å²) in [6.45, 7) is 1.49. The van der Waals surface area contributed by atoms with Gasteiger partial charge in [-0.15, -0.1) is 13.2 Å². The molecule has 0 aliphatic carbocycles. The van der Waals surface area contributed by atoms with E-state index in [0.717, 1.165) is 12.1 Å². The van der Waals surface area contributed by atoms with Gasteiger partial charge in [-0.25, -0.2) is 4.39 Å². The van der Waals surface area contributed by atoms with Gasteiger partial charge in [-0.1, -0.05) is 12.1 Å². The van der Waals surface area contributed by atoms with Gasteiger partial charge in [-0.2, -0.15) is 0 Å². The number of likely N-dealkylation sites (N-methyl/N-ethyl adjacent to an activating group) is 1. The number of alkyl halides is 3. The van der Waals surface area contributed by atoms with Gasteiger partial charge >= 0.3 is 6.36 Å². The number of nitrogens with one attached hydrogen (secondary N) is 3. The summed E-state index contributed by atoms with van der Waals surface area (Å²) in [5.41, 5.74) is 0.323. The molecular formula is C19H20F4N3O3+. The highest BCUT2D eigenvalue weighted by molar-refractivity contribution is 5.94. The van der Waals surface area contributed by atoms with Gasteiger partial charge in [0.25, 0.3) is 11.8 Å². The average Bonchev–Trinajstić information content (AvgIpc) is 2.63. The second-order valence-electron chi connectivity index (χ2n) is 6.33. The van der Waals surface area contributed by atoms with Crippen molar-refractivity contribution in [2.24, 2.45) is 0 Å². The summed E-state index contributed by atoms with van der Waals surface area (Å²) in [7, 11) is 1.62. The Kier molecular flexibility index (Phi) is 7.16. The molecule has 0 radical (unpaired) electrons. The number of quaternary nitrogens is 1. The number of halogens is 4. The fraction of sp³-hybridized carbons (Fsp3) is 0.263. The third-order valence-corrected chi connectivity index (χ3v) is 4.08. The van der Waals surface area contributed by atoms with Crippen LogP contribution in [0.2, 0.25) is 0 Å². The summed E-state index contributed by atoms with van der Waals surface area (Å²) < 4.78 is 53.8. The Morgan fingerprint density at radius 1 is 1.07 bits per heavy atom. The van der Waals surface area contributed by atoms with E-state index in [0.29, 0.717) is 4.90 Å².